The van der Waals surface area contributed by atoms with Crippen LogP contribution in [-0.2, 0) is 35.7 Å². The SMILES string of the molecule is CCCCC1(CCCC)O[C@@H](C[N+](C)(Cc2ccc(C)cc2)Cc2ccc(C)cc2)[C@H](C[N+](C)(Cc2ccc(C)cc2)Cc2ccc(C)cc2)O1. The highest BCUT2D eigenvalue weighted by molar-refractivity contribution is 5.24. The fourth-order valence-corrected chi connectivity index (χ4v) is 8.07. The Balaban J connectivity index is 1.52. The molecule has 0 N–H and O–H groups in total. The van der Waals surface area contributed by atoms with Crippen molar-refractivity contribution in [2.75, 3.05) is 27.2 Å². The Morgan fingerprint density at radius 3 is 0.941 bits per heavy atom. The van der Waals surface area contributed by atoms with E-state index in [4.69, 9.17) is 9.47 Å². The van der Waals surface area contributed by atoms with Crippen LogP contribution in [0.3, 0.4) is 0 Å². The van der Waals surface area contributed by atoms with E-state index in [0.29, 0.717) is 0 Å². The number of ether oxygens (including phenoxy) is 2. The number of likely N-dealkylation sites (N-methyl/N-ethyl adjacent to an activating group) is 2. The molecule has 1 fully saturated rings. The van der Waals surface area contributed by atoms with Crippen molar-refractivity contribution in [3.63, 3.8) is 0 Å². The molecule has 0 saturated carbocycles. The first-order valence-corrected chi connectivity index (χ1v) is 19.6. The van der Waals surface area contributed by atoms with Crippen LogP contribution in [0.4, 0.5) is 0 Å². The number of quaternary nitrogens is 2. The van der Waals surface area contributed by atoms with Gasteiger partial charge >= 0.3 is 0 Å². The minimum absolute atomic E-state index is 0.0203. The van der Waals surface area contributed by atoms with Crippen molar-refractivity contribution in [1.82, 2.24) is 0 Å². The highest BCUT2D eigenvalue weighted by atomic mass is 16.8. The third-order valence-corrected chi connectivity index (χ3v) is 11.0. The number of aryl methyl sites for hydroxylation is 4. The molecule has 51 heavy (non-hydrogen) atoms. The van der Waals surface area contributed by atoms with Crippen molar-refractivity contribution in [2.45, 2.75) is 124 Å². The summed E-state index contributed by atoms with van der Waals surface area (Å²) in [6.07, 6.45) is 6.37. The Morgan fingerprint density at radius 1 is 0.451 bits per heavy atom. The summed E-state index contributed by atoms with van der Waals surface area (Å²) < 4.78 is 16.5. The van der Waals surface area contributed by atoms with Gasteiger partial charge in [-0.05, 0) is 40.5 Å². The highest BCUT2D eigenvalue weighted by Crippen LogP contribution is 2.40. The number of hydrogen-bond acceptors (Lipinski definition) is 2. The normalized spacial score (nSPS) is 17.6. The summed E-state index contributed by atoms with van der Waals surface area (Å²) in [5.74, 6) is -0.529. The number of hydrogen-bond donors (Lipinski definition) is 0. The van der Waals surface area contributed by atoms with Gasteiger partial charge in [0.2, 0.25) is 0 Å². The van der Waals surface area contributed by atoms with Gasteiger partial charge in [0.25, 0.3) is 0 Å². The Hall–Kier alpha value is -3.28. The highest BCUT2D eigenvalue weighted by Gasteiger charge is 2.51. The largest absolute Gasteiger partial charge is 0.338 e. The summed E-state index contributed by atoms with van der Waals surface area (Å²) in [4.78, 5) is 0. The topological polar surface area (TPSA) is 18.5 Å². The van der Waals surface area contributed by atoms with Gasteiger partial charge in [0.05, 0.1) is 14.1 Å². The van der Waals surface area contributed by atoms with Gasteiger partial charge in [0.1, 0.15) is 51.5 Å². The number of unbranched alkanes of at least 4 members (excludes halogenated alkanes) is 2. The minimum atomic E-state index is -0.529. The van der Waals surface area contributed by atoms with Crippen LogP contribution in [0, 0.1) is 27.7 Å². The monoisotopic (exact) mass is 691 g/mol. The second-order valence-corrected chi connectivity index (χ2v) is 16.6. The van der Waals surface area contributed by atoms with Crippen LogP contribution < -0.4 is 0 Å². The lowest BCUT2D eigenvalue weighted by atomic mass is 10.0. The lowest BCUT2D eigenvalue weighted by molar-refractivity contribution is -0.944. The molecule has 1 heterocycles. The molecule has 4 nitrogen and oxygen atoms in total. The summed E-state index contributed by atoms with van der Waals surface area (Å²) >= 11 is 0. The predicted molar refractivity (Wildman–Crippen MR) is 213 cm³/mol. The Labute approximate surface area is 310 Å². The fraction of sp³-hybridized carbons (Fsp3) is 0.489. The van der Waals surface area contributed by atoms with E-state index < -0.39 is 5.79 Å². The van der Waals surface area contributed by atoms with Gasteiger partial charge in [0.15, 0.2) is 5.79 Å². The van der Waals surface area contributed by atoms with Gasteiger partial charge in [-0.3, -0.25) is 0 Å². The average Bonchev–Trinajstić information content (AvgIpc) is 3.42. The quantitative estimate of drug-likeness (QED) is 0.0968. The molecule has 4 aromatic rings. The van der Waals surface area contributed by atoms with E-state index in [2.05, 4.69) is 153 Å². The van der Waals surface area contributed by atoms with Crippen LogP contribution >= 0.6 is 0 Å². The van der Waals surface area contributed by atoms with Crippen molar-refractivity contribution in [3.8, 4) is 0 Å². The first kappa shape index (κ1) is 38.9. The molecule has 0 aromatic heterocycles. The third-order valence-electron chi connectivity index (χ3n) is 11.0. The van der Waals surface area contributed by atoms with Crippen molar-refractivity contribution < 1.29 is 18.4 Å². The van der Waals surface area contributed by atoms with E-state index in [9.17, 15) is 0 Å². The van der Waals surface area contributed by atoms with Gasteiger partial charge in [-0.1, -0.05) is 146 Å². The molecule has 2 atom stereocenters. The molecule has 4 aromatic carbocycles. The van der Waals surface area contributed by atoms with Crippen molar-refractivity contribution in [2.24, 2.45) is 0 Å². The second kappa shape index (κ2) is 17.5. The van der Waals surface area contributed by atoms with Crippen LogP contribution in [-0.4, -0.2) is 54.1 Å². The van der Waals surface area contributed by atoms with Crippen LogP contribution in [0.5, 0.6) is 0 Å². The maximum absolute atomic E-state index is 7.41. The Morgan fingerprint density at radius 2 is 0.706 bits per heavy atom. The molecule has 1 saturated heterocycles. The molecule has 4 heteroatoms. The zero-order chi connectivity index (χ0) is 36.5. The number of nitrogens with zero attached hydrogens (tertiary/aromatic N) is 2. The molecule has 0 unspecified atom stereocenters. The molecule has 274 valence electrons. The van der Waals surface area contributed by atoms with E-state index in [1.807, 2.05) is 0 Å². The van der Waals surface area contributed by atoms with Gasteiger partial charge in [0, 0.05) is 35.1 Å². The summed E-state index contributed by atoms with van der Waals surface area (Å²) in [5, 5.41) is 0. The molecule has 5 rings (SSSR count). The predicted octanol–water partition coefficient (Wildman–Crippen LogP) is 10.8. The number of rotatable bonds is 18. The van der Waals surface area contributed by atoms with Crippen LogP contribution in [0.2, 0.25) is 0 Å². The molecular formula is C47H66N2O2+2. The third kappa shape index (κ3) is 11.4. The van der Waals surface area contributed by atoms with Gasteiger partial charge in [-0.15, -0.1) is 0 Å². The zero-order valence-electron chi connectivity index (χ0n) is 33.1. The van der Waals surface area contributed by atoms with E-state index in [1.165, 1.54) is 44.5 Å². The van der Waals surface area contributed by atoms with E-state index in [-0.39, 0.29) is 12.2 Å². The second-order valence-electron chi connectivity index (χ2n) is 16.6. The molecule has 0 spiro atoms. The van der Waals surface area contributed by atoms with Gasteiger partial charge in [-0.2, -0.15) is 0 Å². The first-order chi connectivity index (χ1) is 24.4. The zero-order valence-corrected chi connectivity index (χ0v) is 33.1. The molecule has 0 bridgehead atoms. The average molecular weight is 691 g/mol. The molecular weight excluding hydrogens is 625 g/mol. The van der Waals surface area contributed by atoms with Crippen LogP contribution in [0.25, 0.3) is 0 Å². The smallest absolute Gasteiger partial charge is 0.169 e. The van der Waals surface area contributed by atoms with E-state index >= 15 is 0 Å². The fourth-order valence-electron chi connectivity index (χ4n) is 8.07. The van der Waals surface area contributed by atoms with Crippen molar-refractivity contribution in [1.29, 1.82) is 0 Å². The maximum atomic E-state index is 7.41. The molecule has 1 aliphatic heterocycles. The molecule has 0 aliphatic carbocycles. The number of benzene rings is 4. The summed E-state index contributed by atoms with van der Waals surface area (Å²) in [7, 11) is 4.87. The lowest BCUT2D eigenvalue weighted by Crippen LogP contribution is -2.54. The lowest BCUT2D eigenvalue weighted by Gasteiger charge is -2.40. The Bertz CT molecular complexity index is 1410. The van der Waals surface area contributed by atoms with Crippen molar-refractivity contribution >= 4 is 0 Å². The van der Waals surface area contributed by atoms with E-state index in [0.717, 1.165) is 86.8 Å². The van der Waals surface area contributed by atoms with Gasteiger partial charge < -0.3 is 18.4 Å². The summed E-state index contributed by atoms with van der Waals surface area (Å²) in [6.45, 7) is 18.8. The standard InChI is InChI=1S/C47H66N2O2/c1-9-11-29-47(30-12-10-2)50-45(35-48(7,31-41-21-13-37(3)14-22-41)32-42-23-15-38(4)16-24-42)46(51-47)36-49(8,33-43-25-17-39(5)18-26-43)34-44-27-19-40(6)20-28-44/h13-28,45-46H,9-12,29-36H2,1-8H3/q+2/t45-,46-/m0/s1. The van der Waals surface area contributed by atoms with E-state index in [1.54, 1.807) is 0 Å². The Kier molecular flexibility index (Phi) is 13.4. The van der Waals surface area contributed by atoms with Gasteiger partial charge in [-0.25, -0.2) is 0 Å². The molecule has 0 radical (unpaired) electrons. The maximum Gasteiger partial charge on any atom is 0.169 e. The first-order valence-electron chi connectivity index (χ1n) is 19.6. The van der Waals surface area contributed by atoms with Crippen molar-refractivity contribution in [3.05, 3.63) is 142 Å². The molecule has 1 aliphatic rings. The van der Waals surface area contributed by atoms with Crippen LogP contribution in [0.15, 0.2) is 97.1 Å². The summed E-state index contributed by atoms with van der Waals surface area (Å²) in [6, 6.07) is 36.5. The minimum Gasteiger partial charge on any atom is -0.338 e. The summed E-state index contributed by atoms with van der Waals surface area (Å²) in [5.41, 5.74) is 10.7. The molecule has 0 amide bonds. The van der Waals surface area contributed by atoms with Crippen LogP contribution in [0.1, 0.15) is 96.9 Å².